The lowest BCUT2D eigenvalue weighted by Gasteiger charge is -2.02. The van der Waals surface area contributed by atoms with Crippen LogP contribution >= 0.6 is 11.3 Å². The summed E-state index contributed by atoms with van der Waals surface area (Å²) in [5.41, 5.74) is 0. The zero-order valence-corrected chi connectivity index (χ0v) is 9.21. The van der Waals surface area contributed by atoms with Crippen molar-refractivity contribution in [3.63, 3.8) is 0 Å². The number of nitrogens with zero attached hydrogens (tertiary/aromatic N) is 3. The molecule has 0 amide bonds. The van der Waals surface area contributed by atoms with E-state index in [1.54, 1.807) is 11.3 Å². The van der Waals surface area contributed by atoms with Crippen molar-refractivity contribution in [1.29, 1.82) is 0 Å². The molecule has 0 fully saturated rings. The molecule has 74 valence electrons. The predicted octanol–water partition coefficient (Wildman–Crippen LogP) is 2.26. The summed E-state index contributed by atoms with van der Waals surface area (Å²) in [7, 11) is 0. The summed E-state index contributed by atoms with van der Waals surface area (Å²) in [6.45, 7) is 5.05. The first-order chi connectivity index (χ1) is 6.79. The van der Waals surface area contributed by atoms with Gasteiger partial charge in [-0.1, -0.05) is 6.92 Å². The molecule has 3 nitrogen and oxygen atoms in total. The van der Waals surface area contributed by atoms with Crippen molar-refractivity contribution in [3.05, 3.63) is 34.3 Å². The van der Waals surface area contributed by atoms with E-state index in [4.69, 9.17) is 0 Å². The zero-order valence-electron chi connectivity index (χ0n) is 8.40. The monoisotopic (exact) mass is 207 g/mol. The molecule has 0 aliphatic carbocycles. The minimum absolute atomic E-state index is 0.898. The van der Waals surface area contributed by atoms with Crippen LogP contribution < -0.4 is 0 Å². The first-order valence-corrected chi connectivity index (χ1v) is 5.52. The predicted molar refractivity (Wildman–Crippen MR) is 57.6 cm³/mol. The minimum atomic E-state index is 0.898. The third kappa shape index (κ3) is 1.85. The molecule has 0 unspecified atom stereocenters. The third-order valence-electron chi connectivity index (χ3n) is 2.11. The van der Waals surface area contributed by atoms with Gasteiger partial charge in [-0.2, -0.15) is 0 Å². The largest absolute Gasteiger partial charge is 0.330 e. The molecule has 0 radical (unpaired) electrons. The maximum absolute atomic E-state index is 4.28. The molecule has 0 saturated carbocycles. The summed E-state index contributed by atoms with van der Waals surface area (Å²) in [4.78, 5) is 9.81. The summed E-state index contributed by atoms with van der Waals surface area (Å²) >= 11 is 1.75. The summed E-state index contributed by atoms with van der Waals surface area (Å²) in [6, 6.07) is 0. The van der Waals surface area contributed by atoms with E-state index in [2.05, 4.69) is 21.5 Å². The van der Waals surface area contributed by atoms with Crippen molar-refractivity contribution in [2.45, 2.75) is 26.8 Å². The summed E-state index contributed by atoms with van der Waals surface area (Å²) in [6.07, 6.45) is 6.80. The van der Waals surface area contributed by atoms with Gasteiger partial charge in [-0.3, -0.25) is 0 Å². The third-order valence-corrected chi connectivity index (χ3v) is 3.01. The Balaban J connectivity index is 2.18. The van der Waals surface area contributed by atoms with Gasteiger partial charge in [0.15, 0.2) is 0 Å². The molecule has 4 heteroatoms. The van der Waals surface area contributed by atoms with Gasteiger partial charge in [-0.25, -0.2) is 9.97 Å². The number of rotatable bonds is 3. The van der Waals surface area contributed by atoms with Crippen LogP contribution in [-0.4, -0.2) is 14.5 Å². The quantitative estimate of drug-likeness (QED) is 0.773. The van der Waals surface area contributed by atoms with Gasteiger partial charge in [0.25, 0.3) is 0 Å². The van der Waals surface area contributed by atoms with Crippen LogP contribution in [0.25, 0.3) is 0 Å². The van der Waals surface area contributed by atoms with Crippen molar-refractivity contribution < 1.29 is 0 Å². The topological polar surface area (TPSA) is 30.7 Å². The maximum Gasteiger partial charge on any atom is 0.108 e. The second kappa shape index (κ2) is 3.92. The highest BCUT2D eigenvalue weighted by Gasteiger charge is 2.03. The Kier molecular flexibility index (Phi) is 2.63. The average molecular weight is 207 g/mol. The van der Waals surface area contributed by atoms with E-state index in [0.717, 1.165) is 23.8 Å². The van der Waals surface area contributed by atoms with Crippen LogP contribution in [0.3, 0.4) is 0 Å². The molecule has 0 N–H and O–H groups in total. The highest BCUT2D eigenvalue weighted by Crippen LogP contribution is 2.13. The van der Waals surface area contributed by atoms with Gasteiger partial charge in [0.05, 0.1) is 11.6 Å². The van der Waals surface area contributed by atoms with Crippen molar-refractivity contribution in [2.24, 2.45) is 0 Å². The van der Waals surface area contributed by atoms with Crippen molar-refractivity contribution in [2.75, 3.05) is 0 Å². The molecule has 0 atom stereocenters. The molecule has 2 heterocycles. The van der Waals surface area contributed by atoms with Gasteiger partial charge < -0.3 is 4.57 Å². The van der Waals surface area contributed by atoms with Gasteiger partial charge >= 0.3 is 0 Å². The Labute approximate surface area is 87.4 Å². The Morgan fingerprint density at radius 2 is 2.29 bits per heavy atom. The van der Waals surface area contributed by atoms with Crippen LogP contribution in [0.1, 0.15) is 22.6 Å². The van der Waals surface area contributed by atoms with E-state index >= 15 is 0 Å². The van der Waals surface area contributed by atoms with Crippen molar-refractivity contribution >= 4 is 11.3 Å². The van der Waals surface area contributed by atoms with E-state index < -0.39 is 0 Å². The minimum Gasteiger partial charge on any atom is -0.330 e. The van der Waals surface area contributed by atoms with Crippen LogP contribution in [0, 0.1) is 6.92 Å². The fourth-order valence-corrected chi connectivity index (χ4v) is 2.24. The van der Waals surface area contributed by atoms with E-state index in [9.17, 15) is 0 Å². The van der Waals surface area contributed by atoms with Gasteiger partial charge in [-0.05, 0) is 6.92 Å². The molecule has 0 aromatic carbocycles. The SMILES string of the molecule is CCc1nccn1Cc1cnc(C)s1. The molecule has 0 aliphatic rings. The van der Waals surface area contributed by atoms with E-state index in [1.165, 1.54) is 4.88 Å². The Hall–Kier alpha value is -1.16. The molecule has 0 bridgehead atoms. The van der Waals surface area contributed by atoms with Crippen LogP contribution in [0.15, 0.2) is 18.6 Å². The van der Waals surface area contributed by atoms with E-state index in [-0.39, 0.29) is 0 Å². The van der Waals surface area contributed by atoms with Crippen LogP contribution in [-0.2, 0) is 13.0 Å². The summed E-state index contributed by atoms with van der Waals surface area (Å²) < 4.78 is 2.17. The molecule has 2 aromatic rings. The Morgan fingerprint density at radius 3 is 2.93 bits per heavy atom. The number of hydrogen-bond acceptors (Lipinski definition) is 3. The molecule has 0 saturated heterocycles. The fraction of sp³-hybridized carbons (Fsp3) is 0.400. The number of imidazole rings is 1. The van der Waals surface area contributed by atoms with Crippen LogP contribution in [0.4, 0.5) is 0 Å². The van der Waals surface area contributed by atoms with Gasteiger partial charge in [0.2, 0.25) is 0 Å². The first-order valence-electron chi connectivity index (χ1n) is 4.71. The zero-order chi connectivity index (χ0) is 9.97. The molecule has 0 aliphatic heterocycles. The highest BCUT2D eigenvalue weighted by atomic mass is 32.1. The van der Waals surface area contributed by atoms with Crippen molar-refractivity contribution in [3.8, 4) is 0 Å². The lowest BCUT2D eigenvalue weighted by atomic mass is 10.4. The second-order valence-electron chi connectivity index (χ2n) is 3.17. The summed E-state index contributed by atoms with van der Waals surface area (Å²) in [5.74, 6) is 1.14. The Morgan fingerprint density at radius 1 is 1.43 bits per heavy atom. The lowest BCUT2D eigenvalue weighted by molar-refractivity contribution is 0.739. The highest BCUT2D eigenvalue weighted by molar-refractivity contribution is 7.11. The second-order valence-corrected chi connectivity index (χ2v) is 4.49. The van der Waals surface area contributed by atoms with Crippen molar-refractivity contribution in [1.82, 2.24) is 14.5 Å². The average Bonchev–Trinajstić information content (AvgIpc) is 2.76. The van der Waals surface area contributed by atoms with Crippen LogP contribution in [0.2, 0.25) is 0 Å². The summed E-state index contributed by atoms with van der Waals surface area (Å²) in [5, 5.41) is 1.12. The molecule has 2 aromatic heterocycles. The molecular weight excluding hydrogens is 194 g/mol. The number of aryl methyl sites for hydroxylation is 2. The standard InChI is InChI=1S/C10H13N3S/c1-3-10-11-4-5-13(10)7-9-6-12-8(2)14-9/h4-6H,3,7H2,1-2H3. The molecular formula is C10H13N3S. The first kappa shape index (κ1) is 9.40. The van der Waals surface area contributed by atoms with Gasteiger partial charge in [0, 0.05) is 29.9 Å². The number of hydrogen-bond donors (Lipinski definition) is 0. The Bertz CT molecular complexity index is 416. The lowest BCUT2D eigenvalue weighted by Crippen LogP contribution is -2.01. The molecule has 14 heavy (non-hydrogen) atoms. The number of aromatic nitrogens is 3. The van der Waals surface area contributed by atoms with Gasteiger partial charge in [-0.15, -0.1) is 11.3 Å². The molecule has 0 spiro atoms. The normalized spacial score (nSPS) is 10.7. The smallest absolute Gasteiger partial charge is 0.108 e. The number of thiazole rings is 1. The maximum atomic E-state index is 4.28. The van der Waals surface area contributed by atoms with Crippen LogP contribution in [0.5, 0.6) is 0 Å². The van der Waals surface area contributed by atoms with E-state index in [0.29, 0.717) is 0 Å². The fourth-order valence-electron chi connectivity index (χ4n) is 1.44. The molecule has 2 rings (SSSR count). The van der Waals surface area contributed by atoms with Gasteiger partial charge in [0.1, 0.15) is 5.82 Å². The van der Waals surface area contributed by atoms with E-state index in [1.807, 2.05) is 25.5 Å².